The molecule has 132 valence electrons. The van der Waals surface area contributed by atoms with E-state index in [4.69, 9.17) is 6.57 Å². The molecule has 1 nitrogen and oxygen atoms in total. The summed E-state index contributed by atoms with van der Waals surface area (Å²) in [6.45, 7) is 8.35. The van der Waals surface area contributed by atoms with Crippen molar-refractivity contribution in [3.05, 3.63) is 148 Å². The van der Waals surface area contributed by atoms with Gasteiger partial charge in [-0.15, -0.1) is 0 Å². The van der Waals surface area contributed by atoms with Crippen LogP contribution in [0.5, 0.6) is 0 Å². The van der Waals surface area contributed by atoms with Crippen LogP contribution in [0.1, 0.15) is 22.3 Å². The van der Waals surface area contributed by atoms with Crippen LogP contribution in [-0.4, -0.2) is 0 Å². The molecule has 2 aliphatic rings. The van der Waals surface area contributed by atoms with Crippen LogP contribution in [0, 0.1) is 12.5 Å². The standard InChI is InChI=1S/C27H19N/c1-28-27(21-14-6-3-7-15-21)24-18-10-8-16-22(24)26(20-12-4-2-5-13-20)23-17-9-11-19-25(23)27/h2-19,24H. The van der Waals surface area contributed by atoms with Gasteiger partial charge in [-0.2, -0.15) is 0 Å². The molecule has 2 atom stereocenters. The smallest absolute Gasteiger partial charge is 0.293 e. The Morgan fingerprint density at radius 1 is 0.750 bits per heavy atom. The van der Waals surface area contributed by atoms with E-state index in [-0.39, 0.29) is 5.92 Å². The second-order valence-corrected chi connectivity index (χ2v) is 7.21. The Kier molecular flexibility index (Phi) is 3.85. The number of nitrogens with zero attached hydrogens (tertiary/aromatic N) is 1. The lowest BCUT2D eigenvalue weighted by molar-refractivity contribution is 0.514. The Morgan fingerprint density at radius 2 is 1.43 bits per heavy atom. The highest BCUT2D eigenvalue weighted by atomic mass is 14.8. The fourth-order valence-corrected chi connectivity index (χ4v) is 4.65. The Balaban J connectivity index is 1.90. The van der Waals surface area contributed by atoms with Crippen LogP contribution in [0.4, 0.5) is 0 Å². The minimum Gasteiger partial charge on any atom is -0.299 e. The Morgan fingerprint density at radius 3 is 2.18 bits per heavy atom. The maximum atomic E-state index is 8.35. The molecule has 0 heterocycles. The third-order valence-corrected chi connectivity index (χ3v) is 5.82. The van der Waals surface area contributed by atoms with Crippen LogP contribution in [0.3, 0.4) is 0 Å². The summed E-state index contributed by atoms with van der Waals surface area (Å²) >= 11 is 0. The SMILES string of the molecule is [C-]#[N+]C1(c2ccccc2)c2ccccc2C(c2ccccc2)=C2C=CC=CC21. The fraction of sp³-hybridized carbons (Fsp3) is 0.0741. The van der Waals surface area contributed by atoms with E-state index in [0.717, 1.165) is 16.7 Å². The van der Waals surface area contributed by atoms with Gasteiger partial charge in [0, 0.05) is 5.56 Å². The predicted molar refractivity (Wildman–Crippen MR) is 115 cm³/mol. The van der Waals surface area contributed by atoms with Crippen molar-refractivity contribution in [3.63, 3.8) is 0 Å². The van der Waals surface area contributed by atoms with Crippen molar-refractivity contribution in [2.24, 2.45) is 5.92 Å². The number of allylic oxidation sites excluding steroid dienone is 3. The molecule has 5 rings (SSSR count). The van der Waals surface area contributed by atoms with Crippen LogP contribution in [0.15, 0.2) is 115 Å². The summed E-state index contributed by atoms with van der Waals surface area (Å²) in [5.41, 5.74) is 6.17. The van der Waals surface area contributed by atoms with Crippen molar-refractivity contribution in [3.8, 4) is 0 Å². The minimum atomic E-state index is -0.757. The van der Waals surface area contributed by atoms with E-state index in [1.807, 2.05) is 24.3 Å². The summed E-state index contributed by atoms with van der Waals surface area (Å²) in [6.07, 6.45) is 8.54. The van der Waals surface area contributed by atoms with E-state index in [1.165, 1.54) is 16.7 Å². The van der Waals surface area contributed by atoms with Gasteiger partial charge >= 0.3 is 0 Å². The number of hydrogen-bond donors (Lipinski definition) is 0. The quantitative estimate of drug-likeness (QED) is 0.467. The molecule has 0 N–H and O–H groups in total. The van der Waals surface area contributed by atoms with E-state index >= 15 is 0 Å². The Labute approximate surface area is 165 Å². The first-order valence-electron chi connectivity index (χ1n) is 9.55. The minimum absolute atomic E-state index is 0.0255. The van der Waals surface area contributed by atoms with Gasteiger partial charge in [0.1, 0.15) is 0 Å². The van der Waals surface area contributed by atoms with Crippen LogP contribution in [0.25, 0.3) is 10.4 Å². The molecule has 3 aromatic rings. The fourth-order valence-electron chi connectivity index (χ4n) is 4.65. The summed E-state index contributed by atoms with van der Waals surface area (Å²) in [5.74, 6) is -0.0255. The van der Waals surface area contributed by atoms with E-state index in [0.29, 0.717) is 0 Å². The molecule has 0 aliphatic heterocycles. The lowest BCUT2D eigenvalue weighted by atomic mass is 9.62. The van der Waals surface area contributed by atoms with Crippen molar-refractivity contribution in [2.45, 2.75) is 5.54 Å². The van der Waals surface area contributed by atoms with E-state index in [9.17, 15) is 0 Å². The van der Waals surface area contributed by atoms with Crippen LogP contribution < -0.4 is 0 Å². The lowest BCUT2D eigenvalue weighted by Gasteiger charge is -2.38. The first-order chi connectivity index (χ1) is 13.9. The van der Waals surface area contributed by atoms with E-state index in [2.05, 4.69) is 89.8 Å². The first-order valence-corrected chi connectivity index (χ1v) is 9.55. The topological polar surface area (TPSA) is 4.36 Å². The molecule has 0 saturated heterocycles. The number of hydrogen-bond acceptors (Lipinski definition) is 0. The molecule has 0 amide bonds. The van der Waals surface area contributed by atoms with Crippen LogP contribution >= 0.6 is 0 Å². The number of benzene rings is 3. The molecule has 2 aliphatic carbocycles. The highest BCUT2D eigenvalue weighted by Gasteiger charge is 2.54. The first kappa shape index (κ1) is 16.5. The zero-order valence-corrected chi connectivity index (χ0v) is 15.4. The summed E-state index contributed by atoms with van der Waals surface area (Å²) < 4.78 is 0. The van der Waals surface area contributed by atoms with Crippen molar-refractivity contribution in [2.75, 3.05) is 0 Å². The molecule has 3 aromatic carbocycles. The third kappa shape index (κ3) is 2.25. The summed E-state index contributed by atoms with van der Waals surface area (Å²) in [5, 5.41) is 0. The highest BCUT2D eigenvalue weighted by molar-refractivity contribution is 5.89. The Bertz CT molecular complexity index is 1160. The second kappa shape index (κ2) is 6.51. The maximum Gasteiger partial charge on any atom is 0.293 e. The number of fused-ring (bicyclic) bond motifs is 2. The third-order valence-electron chi connectivity index (χ3n) is 5.82. The summed E-state index contributed by atoms with van der Waals surface area (Å²) in [6, 6.07) is 29.2. The van der Waals surface area contributed by atoms with Crippen LogP contribution in [0.2, 0.25) is 0 Å². The van der Waals surface area contributed by atoms with Gasteiger partial charge in [0.25, 0.3) is 5.54 Å². The lowest BCUT2D eigenvalue weighted by Crippen LogP contribution is -2.38. The van der Waals surface area contributed by atoms with Gasteiger partial charge in [-0.25, -0.2) is 6.57 Å². The average Bonchev–Trinajstić information content (AvgIpc) is 2.78. The number of rotatable bonds is 2. The normalized spacial score (nSPS) is 22.3. The maximum absolute atomic E-state index is 8.35. The Hall–Kier alpha value is -3.63. The molecule has 2 unspecified atom stereocenters. The highest BCUT2D eigenvalue weighted by Crippen LogP contribution is 2.54. The predicted octanol–water partition coefficient (Wildman–Crippen LogP) is 6.41. The van der Waals surface area contributed by atoms with Gasteiger partial charge < -0.3 is 0 Å². The molecule has 0 radical (unpaired) electrons. The van der Waals surface area contributed by atoms with Crippen LogP contribution in [-0.2, 0) is 5.54 Å². The largest absolute Gasteiger partial charge is 0.299 e. The van der Waals surface area contributed by atoms with E-state index < -0.39 is 5.54 Å². The second-order valence-electron chi connectivity index (χ2n) is 7.21. The summed E-state index contributed by atoms with van der Waals surface area (Å²) in [4.78, 5) is 4.33. The van der Waals surface area contributed by atoms with Gasteiger partial charge in [0.2, 0.25) is 0 Å². The van der Waals surface area contributed by atoms with Gasteiger partial charge in [0.15, 0.2) is 0 Å². The average molecular weight is 357 g/mol. The molecule has 0 aromatic heterocycles. The molecule has 1 heteroatoms. The molecular formula is C27H19N. The van der Waals surface area contributed by atoms with Gasteiger partial charge in [-0.3, -0.25) is 4.85 Å². The molecule has 0 bridgehead atoms. The molecular weight excluding hydrogens is 338 g/mol. The van der Waals surface area contributed by atoms with Gasteiger partial charge in [-0.1, -0.05) is 103 Å². The van der Waals surface area contributed by atoms with Crippen molar-refractivity contribution < 1.29 is 0 Å². The van der Waals surface area contributed by atoms with Gasteiger partial charge in [0.05, 0.1) is 11.5 Å². The molecule has 0 saturated carbocycles. The van der Waals surface area contributed by atoms with Crippen molar-refractivity contribution in [1.29, 1.82) is 0 Å². The van der Waals surface area contributed by atoms with Gasteiger partial charge in [-0.05, 0) is 28.3 Å². The van der Waals surface area contributed by atoms with Crippen molar-refractivity contribution in [1.82, 2.24) is 0 Å². The summed E-state index contributed by atoms with van der Waals surface area (Å²) in [7, 11) is 0. The molecule has 0 fully saturated rings. The van der Waals surface area contributed by atoms with Crippen molar-refractivity contribution >= 4 is 5.57 Å². The zero-order valence-electron chi connectivity index (χ0n) is 15.4. The molecule has 28 heavy (non-hydrogen) atoms. The monoisotopic (exact) mass is 357 g/mol. The molecule has 0 spiro atoms. The zero-order chi connectivity index (χ0) is 19.0. The van der Waals surface area contributed by atoms with E-state index in [1.54, 1.807) is 0 Å².